The van der Waals surface area contributed by atoms with E-state index >= 15 is 0 Å². The van der Waals surface area contributed by atoms with Crippen molar-refractivity contribution in [1.82, 2.24) is 15.1 Å². The number of hydrogen-bond acceptors (Lipinski definition) is 3. The molecule has 0 saturated heterocycles. The lowest BCUT2D eigenvalue weighted by molar-refractivity contribution is -0.114. The van der Waals surface area contributed by atoms with Gasteiger partial charge in [-0.2, -0.15) is 5.10 Å². The van der Waals surface area contributed by atoms with Crippen molar-refractivity contribution in [3.05, 3.63) is 58.4 Å². The van der Waals surface area contributed by atoms with Crippen molar-refractivity contribution in [3.8, 4) is 0 Å². The summed E-state index contributed by atoms with van der Waals surface area (Å²) < 4.78 is 1.67. The minimum atomic E-state index is -0.256. The smallest absolute Gasteiger partial charge is 0.251 e. The van der Waals surface area contributed by atoms with Crippen LogP contribution >= 0.6 is 11.6 Å². The van der Waals surface area contributed by atoms with Crippen LogP contribution in [0, 0.1) is 13.8 Å². The van der Waals surface area contributed by atoms with E-state index in [0.717, 1.165) is 11.3 Å². The average Bonchev–Trinajstić information content (AvgIpc) is 2.85. The Morgan fingerprint density at radius 1 is 1.38 bits per heavy atom. The molecule has 7 heteroatoms. The third-order valence-corrected chi connectivity index (χ3v) is 4.59. The first-order chi connectivity index (χ1) is 12.3. The van der Waals surface area contributed by atoms with Crippen molar-refractivity contribution in [3.63, 3.8) is 0 Å². The highest BCUT2D eigenvalue weighted by atomic mass is 35.5. The van der Waals surface area contributed by atoms with Crippen molar-refractivity contribution < 1.29 is 9.59 Å². The number of anilines is 1. The van der Waals surface area contributed by atoms with Crippen molar-refractivity contribution in [2.24, 2.45) is 7.05 Å². The predicted molar refractivity (Wildman–Crippen MR) is 104 cm³/mol. The van der Waals surface area contributed by atoms with E-state index in [1.807, 2.05) is 20.8 Å². The molecule has 0 radical (unpaired) electrons. The van der Waals surface area contributed by atoms with Gasteiger partial charge in [-0.25, -0.2) is 0 Å². The molecule has 0 aliphatic heterocycles. The van der Waals surface area contributed by atoms with Crippen LogP contribution in [0.5, 0.6) is 0 Å². The number of nitrogens with zero attached hydrogens (tertiary/aromatic N) is 3. The zero-order valence-corrected chi connectivity index (χ0v) is 16.2. The van der Waals surface area contributed by atoms with Crippen LogP contribution in [-0.2, 0) is 18.4 Å². The van der Waals surface area contributed by atoms with E-state index in [1.165, 1.54) is 6.08 Å². The number of nitrogens with one attached hydrogen (secondary N) is 1. The highest BCUT2D eigenvalue weighted by molar-refractivity contribution is 6.31. The summed E-state index contributed by atoms with van der Waals surface area (Å²) in [5.41, 5.74) is 3.48. The molecule has 0 saturated carbocycles. The van der Waals surface area contributed by atoms with Crippen LogP contribution in [-0.4, -0.2) is 28.1 Å². The molecule has 1 aromatic carbocycles. The number of aromatic nitrogens is 2. The van der Waals surface area contributed by atoms with Crippen LogP contribution in [0.2, 0.25) is 5.02 Å². The third-order valence-electron chi connectivity index (χ3n) is 4.10. The lowest BCUT2D eigenvalue weighted by Crippen LogP contribution is -2.30. The second-order valence-corrected chi connectivity index (χ2v) is 6.34. The van der Waals surface area contributed by atoms with E-state index in [-0.39, 0.29) is 18.4 Å². The third kappa shape index (κ3) is 3.96. The molecule has 2 amide bonds. The van der Waals surface area contributed by atoms with Crippen LogP contribution in [0.25, 0.3) is 0 Å². The standard InChI is InChI=1S/C19H23ClN4O2/c1-6-17(25)24(11-16-18(20)13(4)22-23(16)5)15-9-8-14(10-12(15)3)19(26)21-7-2/h6,8-10H,1,7,11H2,2-5H3,(H,21,26). The van der Waals surface area contributed by atoms with Gasteiger partial charge in [0.05, 0.1) is 23.0 Å². The molecule has 0 aliphatic carbocycles. The van der Waals surface area contributed by atoms with Gasteiger partial charge in [-0.1, -0.05) is 18.2 Å². The van der Waals surface area contributed by atoms with Gasteiger partial charge < -0.3 is 10.2 Å². The Bertz CT molecular complexity index is 857. The number of hydrogen-bond donors (Lipinski definition) is 1. The van der Waals surface area contributed by atoms with Gasteiger partial charge in [-0.3, -0.25) is 14.3 Å². The predicted octanol–water partition coefficient (Wildman–Crippen LogP) is 3.16. The fraction of sp³-hybridized carbons (Fsp3) is 0.316. The van der Waals surface area contributed by atoms with Gasteiger partial charge in [0, 0.05) is 24.8 Å². The number of aryl methyl sites for hydroxylation is 3. The Labute approximate surface area is 158 Å². The Kier molecular flexibility index (Phi) is 6.21. The van der Waals surface area contributed by atoms with Crippen molar-refractivity contribution in [1.29, 1.82) is 0 Å². The number of halogens is 1. The first-order valence-corrected chi connectivity index (χ1v) is 8.68. The number of carbonyl (C=O) groups is 2. The maximum absolute atomic E-state index is 12.5. The fourth-order valence-corrected chi connectivity index (χ4v) is 2.98. The van der Waals surface area contributed by atoms with Crippen LogP contribution < -0.4 is 10.2 Å². The molecule has 138 valence electrons. The van der Waals surface area contributed by atoms with Crippen LogP contribution in [0.4, 0.5) is 5.69 Å². The first-order valence-electron chi connectivity index (χ1n) is 8.30. The van der Waals surface area contributed by atoms with Crippen molar-refractivity contribution in [2.75, 3.05) is 11.4 Å². The molecule has 6 nitrogen and oxygen atoms in total. The van der Waals surface area contributed by atoms with E-state index in [0.29, 0.717) is 28.5 Å². The van der Waals surface area contributed by atoms with Gasteiger partial charge in [-0.15, -0.1) is 0 Å². The molecule has 2 aromatic rings. The quantitative estimate of drug-likeness (QED) is 0.790. The maximum atomic E-state index is 12.5. The maximum Gasteiger partial charge on any atom is 0.251 e. The molecular formula is C19H23ClN4O2. The molecule has 0 spiro atoms. The summed E-state index contributed by atoms with van der Waals surface area (Å²) in [5, 5.41) is 7.59. The lowest BCUT2D eigenvalue weighted by atomic mass is 10.1. The van der Waals surface area contributed by atoms with E-state index in [2.05, 4.69) is 17.0 Å². The molecular weight excluding hydrogens is 352 g/mol. The Hall–Kier alpha value is -2.60. The number of carbonyl (C=O) groups excluding carboxylic acids is 2. The monoisotopic (exact) mass is 374 g/mol. The molecule has 0 bridgehead atoms. The Balaban J connectivity index is 2.43. The number of rotatable bonds is 6. The SMILES string of the molecule is C=CC(=O)N(Cc1c(Cl)c(C)nn1C)c1ccc(C(=O)NCC)cc1C. The zero-order valence-electron chi connectivity index (χ0n) is 15.5. The Morgan fingerprint density at radius 3 is 2.58 bits per heavy atom. The molecule has 2 rings (SSSR count). The highest BCUT2D eigenvalue weighted by Gasteiger charge is 2.21. The van der Waals surface area contributed by atoms with Gasteiger partial charge in [0.2, 0.25) is 0 Å². The van der Waals surface area contributed by atoms with Crippen LogP contribution in [0.3, 0.4) is 0 Å². The van der Waals surface area contributed by atoms with E-state index in [9.17, 15) is 9.59 Å². The van der Waals surface area contributed by atoms with Crippen molar-refractivity contribution >= 4 is 29.1 Å². The molecule has 0 aliphatic rings. The van der Waals surface area contributed by atoms with Crippen molar-refractivity contribution in [2.45, 2.75) is 27.3 Å². The summed E-state index contributed by atoms with van der Waals surface area (Å²) in [6.45, 7) is 9.94. The summed E-state index contributed by atoms with van der Waals surface area (Å²) in [4.78, 5) is 26.1. The van der Waals surface area contributed by atoms with E-state index in [4.69, 9.17) is 11.6 Å². The minimum absolute atomic E-state index is 0.144. The molecule has 0 atom stereocenters. The second-order valence-electron chi connectivity index (χ2n) is 5.96. The van der Waals surface area contributed by atoms with Gasteiger partial charge in [0.15, 0.2) is 0 Å². The first kappa shape index (κ1) is 19.7. The fourth-order valence-electron chi connectivity index (χ4n) is 2.76. The molecule has 0 unspecified atom stereocenters. The van der Waals surface area contributed by atoms with Crippen LogP contribution in [0.1, 0.15) is 34.2 Å². The summed E-state index contributed by atoms with van der Waals surface area (Å²) in [7, 11) is 1.79. The molecule has 0 fully saturated rings. The second kappa shape index (κ2) is 8.19. The lowest BCUT2D eigenvalue weighted by Gasteiger charge is -2.24. The molecule has 1 N–H and O–H groups in total. The summed E-state index contributed by atoms with van der Waals surface area (Å²) in [6, 6.07) is 5.23. The topological polar surface area (TPSA) is 67.2 Å². The zero-order chi connectivity index (χ0) is 19.4. The van der Waals surface area contributed by atoms with Gasteiger partial charge in [-0.05, 0) is 50.6 Å². The summed E-state index contributed by atoms with van der Waals surface area (Å²) in [5.74, 6) is -0.400. The largest absolute Gasteiger partial charge is 0.352 e. The summed E-state index contributed by atoms with van der Waals surface area (Å²) >= 11 is 6.33. The molecule has 26 heavy (non-hydrogen) atoms. The highest BCUT2D eigenvalue weighted by Crippen LogP contribution is 2.27. The van der Waals surface area contributed by atoms with Gasteiger partial charge >= 0.3 is 0 Å². The number of benzene rings is 1. The van der Waals surface area contributed by atoms with Gasteiger partial charge in [0.1, 0.15) is 0 Å². The molecule has 1 aromatic heterocycles. The van der Waals surface area contributed by atoms with Gasteiger partial charge in [0.25, 0.3) is 11.8 Å². The average molecular weight is 375 g/mol. The normalized spacial score (nSPS) is 10.5. The molecule has 1 heterocycles. The summed E-state index contributed by atoms with van der Waals surface area (Å²) in [6.07, 6.45) is 1.26. The van der Waals surface area contributed by atoms with Crippen LogP contribution in [0.15, 0.2) is 30.9 Å². The minimum Gasteiger partial charge on any atom is -0.352 e. The van der Waals surface area contributed by atoms with E-state index in [1.54, 1.807) is 34.8 Å². The Morgan fingerprint density at radius 2 is 2.08 bits per heavy atom. The van der Waals surface area contributed by atoms with E-state index < -0.39 is 0 Å². The number of amides is 2.